The van der Waals surface area contributed by atoms with Gasteiger partial charge < -0.3 is 50.8 Å². The van der Waals surface area contributed by atoms with Gasteiger partial charge in [-0.25, -0.2) is 4.79 Å². The molecule has 0 radical (unpaired) electrons. The number of amides is 8. The van der Waals surface area contributed by atoms with Gasteiger partial charge in [0.1, 0.15) is 5.78 Å². The molecule has 5 rings (SSSR count). The van der Waals surface area contributed by atoms with E-state index >= 15 is 0 Å². The second-order valence-corrected chi connectivity index (χ2v) is 26.0. The summed E-state index contributed by atoms with van der Waals surface area (Å²) in [5.74, 6) is -4.96. The van der Waals surface area contributed by atoms with Gasteiger partial charge in [0.25, 0.3) is 0 Å². The number of likely N-dealkylation sites (tertiary alicyclic amines) is 3. The van der Waals surface area contributed by atoms with E-state index in [9.17, 15) is 53.1 Å². The van der Waals surface area contributed by atoms with Crippen molar-refractivity contribution in [1.82, 2.24) is 30.2 Å². The van der Waals surface area contributed by atoms with Crippen molar-refractivity contribution in [3.8, 4) is 0 Å². The van der Waals surface area contributed by atoms with E-state index in [4.69, 9.17) is 19.9 Å². The molecule has 22 heteroatoms. The van der Waals surface area contributed by atoms with Gasteiger partial charge in [-0.3, -0.25) is 53.0 Å². The van der Waals surface area contributed by atoms with Crippen molar-refractivity contribution < 1.29 is 67.3 Å². The lowest BCUT2D eigenvalue weighted by atomic mass is 9.83. The first-order valence-electron chi connectivity index (χ1n) is 31.9. The molecule has 4 aliphatic rings. The van der Waals surface area contributed by atoms with Gasteiger partial charge in [0.05, 0.1) is 62.6 Å². The lowest BCUT2D eigenvalue weighted by molar-refractivity contribution is -0.149. The molecule has 1 aromatic rings. The third kappa shape index (κ3) is 19.7. The summed E-state index contributed by atoms with van der Waals surface area (Å²) in [5.41, 5.74) is 6.50. The molecule has 22 nitrogen and oxygen atoms in total. The van der Waals surface area contributed by atoms with E-state index in [-0.39, 0.29) is 149 Å². The molecule has 2 bridgehead atoms. The van der Waals surface area contributed by atoms with Crippen molar-refractivity contribution >= 4 is 64.5 Å². The maximum Gasteiger partial charge on any atom is 0.312 e. The maximum absolute atomic E-state index is 14.6. The van der Waals surface area contributed by atoms with Crippen LogP contribution in [0.5, 0.6) is 0 Å². The minimum absolute atomic E-state index is 0.00150. The number of carbonyl (C=O) groups is 10. The van der Waals surface area contributed by atoms with E-state index in [2.05, 4.69) is 27.8 Å². The monoisotopic (exact) mass is 1220 g/mol. The fourth-order valence-electron chi connectivity index (χ4n) is 13.8. The maximum atomic E-state index is 14.6. The highest BCUT2D eigenvalue weighted by molar-refractivity contribution is 6.03. The summed E-state index contributed by atoms with van der Waals surface area (Å²) in [6, 6.07) is 4.76. The fraction of sp³-hybridized carbons (Fsp3) is 0.754. The van der Waals surface area contributed by atoms with E-state index in [0.29, 0.717) is 49.9 Å². The van der Waals surface area contributed by atoms with Crippen LogP contribution in [0.1, 0.15) is 151 Å². The minimum atomic E-state index is -0.915. The summed E-state index contributed by atoms with van der Waals surface area (Å²) in [7, 11) is 6.92. The summed E-state index contributed by atoms with van der Waals surface area (Å²) in [6.45, 7) is 15.6. The molecule has 8 amide bonds. The summed E-state index contributed by atoms with van der Waals surface area (Å²) in [6.07, 6.45) is 4.93. The first-order valence-corrected chi connectivity index (χ1v) is 31.9. The van der Waals surface area contributed by atoms with Crippen LogP contribution in [-0.4, -0.2) is 194 Å². The van der Waals surface area contributed by atoms with Crippen LogP contribution in [0.2, 0.25) is 0 Å². The number of aliphatic hydroxyl groups excluding tert-OH is 1. The molecule has 0 spiro atoms. The first kappa shape index (κ1) is 72.1. The lowest BCUT2D eigenvalue weighted by Gasteiger charge is -2.41. The molecule has 3 saturated heterocycles. The van der Waals surface area contributed by atoms with E-state index in [1.54, 1.807) is 83.0 Å². The second kappa shape index (κ2) is 34.3. The fourth-order valence-corrected chi connectivity index (χ4v) is 13.8. The van der Waals surface area contributed by atoms with Gasteiger partial charge in [0.15, 0.2) is 11.6 Å². The Hall–Kier alpha value is -5.68. The van der Waals surface area contributed by atoms with Crippen LogP contribution in [0.25, 0.3) is 0 Å². The normalized spacial score (nSPS) is 22.6. The zero-order chi connectivity index (χ0) is 64.4. The number of likely N-dealkylation sites (N-methyl/N-ethyl adjacent to an activating group) is 2. The van der Waals surface area contributed by atoms with Gasteiger partial charge in [0, 0.05) is 108 Å². The van der Waals surface area contributed by atoms with Crippen molar-refractivity contribution in [3.05, 3.63) is 29.8 Å². The zero-order valence-corrected chi connectivity index (χ0v) is 54.0. The number of hydrogen-bond acceptors (Lipinski definition) is 15. The molecule has 1 aliphatic carbocycles. The molecule has 1 aromatic carbocycles. The van der Waals surface area contributed by atoms with E-state index in [1.807, 2.05) is 27.8 Å². The number of aliphatic hydroxyl groups is 1. The molecule has 4 fully saturated rings. The quantitative estimate of drug-likeness (QED) is 0.0413. The molecular weight excluding hydrogens is 1120 g/mol. The number of anilines is 1. The number of nitrogens with zero attached hydrogens (tertiary/aromatic N) is 4. The highest BCUT2D eigenvalue weighted by Crippen LogP contribution is 2.43. The number of benzene rings is 1. The number of ketones is 3. The Bertz CT molecular complexity index is 2510. The van der Waals surface area contributed by atoms with Crippen molar-refractivity contribution in [1.29, 1.82) is 0 Å². The average Bonchev–Trinajstić information content (AvgIpc) is 1.99. The predicted octanol–water partition coefficient (Wildman–Crippen LogP) is 5.34. The molecule has 14 atom stereocenters. The number of urea groups is 1. The van der Waals surface area contributed by atoms with Gasteiger partial charge in [0.2, 0.25) is 35.4 Å². The van der Waals surface area contributed by atoms with Gasteiger partial charge in [-0.05, 0) is 106 Å². The van der Waals surface area contributed by atoms with Crippen LogP contribution in [0, 0.1) is 53.3 Å². The van der Waals surface area contributed by atoms with E-state index in [0.717, 1.165) is 36.1 Å². The topological polar surface area (TPSA) is 294 Å². The van der Waals surface area contributed by atoms with Crippen LogP contribution in [0.4, 0.5) is 10.5 Å². The van der Waals surface area contributed by atoms with Crippen molar-refractivity contribution in [2.24, 2.45) is 59.0 Å². The second-order valence-electron chi connectivity index (χ2n) is 26.0. The Morgan fingerprint density at radius 2 is 1.57 bits per heavy atom. The third-order valence-corrected chi connectivity index (χ3v) is 19.2. The minimum Gasteiger partial charge on any atom is -0.396 e. The highest BCUT2D eigenvalue weighted by Gasteiger charge is 2.49. The first-order chi connectivity index (χ1) is 41.3. The molecule has 87 heavy (non-hydrogen) atoms. The number of rotatable bonds is 38. The summed E-state index contributed by atoms with van der Waals surface area (Å²) in [4.78, 5) is 141. The van der Waals surface area contributed by atoms with E-state index < -0.39 is 71.9 Å². The van der Waals surface area contributed by atoms with Gasteiger partial charge in [-0.2, -0.15) is 0 Å². The number of Topliss-reactive ketones (excluding diaryl/α,β-unsaturated/α-hetero) is 3. The van der Waals surface area contributed by atoms with Crippen LogP contribution < -0.4 is 21.7 Å². The SMILES string of the molecule is CC[C@H](C)[C@@H]([C@@H](CC(=O)N1CCC[C@H]1[C@H](OC)[C@@H](C)C(=O)C[C@H](CO)Cc1ccc(NC(=O)[C@H](CCCNC(N)=O)CC(=O)C(NC(=O)CCOCCN2C(=O)CC(C)C2=O)C(C)C)cc1)OC)N(C)C(=O)[C@@H](CC(=O)[C@@H]1[C@H]2CC[C@@H](C2)N1C)C(C)C. The number of nitrogens with one attached hydrogen (secondary N) is 3. The number of primary amides is 1. The number of ether oxygens (including phenoxy) is 3. The average molecular weight is 1220 g/mol. The summed E-state index contributed by atoms with van der Waals surface area (Å²) in [5, 5.41) is 18.8. The van der Waals surface area contributed by atoms with Crippen LogP contribution in [0.15, 0.2) is 24.3 Å². The standard InChI is InChI=1S/C65H104N8O14/c1-13-40(6)59(71(10)64(83)49(38(2)3)35-53(77)60-45-20-23-48(33-45)70(60)9)54(85-11)36-57(80)72-26-15-17-50(72)61(86-12)42(8)51(75)32-44(37-74)31-43-18-21-47(22-19-43)68-62(81)46(16-14-25-67-65(66)84)34-52(76)58(39(4)5)69-55(78)24-28-87-29-27-73-56(79)30-41(7)63(73)82/h18-19,21-22,38-42,44-46,48-50,54,58-61,74H,13-17,20,23-37H2,1-12H3,(H,68,81)(H,69,78)(H3,66,67,84)/t40-,41?,42-,44+,45-,46+,48-,49-,50-,54+,58?,59-,60-,61+/m0/s1. The Morgan fingerprint density at radius 3 is 2.15 bits per heavy atom. The number of nitrogens with two attached hydrogens (primary N) is 1. The zero-order valence-electron chi connectivity index (χ0n) is 54.0. The number of hydrogen-bond donors (Lipinski definition) is 5. The Labute approximate surface area is 516 Å². The van der Waals surface area contributed by atoms with Crippen molar-refractivity contribution in [2.45, 2.75) is 194 Å². The molecule has 488 valence electrons. The molecule has 2 unspecified atom stereocenters. The van der Waals surface area contributed by atoms with Gasteiger partial charge in [-0.15, -0.1) is 0 Å². The summed E-state index contributed by atoms with van der Waals surface area (Å²) >= 11 is 0. The van der Waals surface area contributed by atoms with Crippen LogP contribution >= 0.6 is 0 Å². The summed E-state index contributed by atoms with van der Waals surface area (Å²) < 4.78 is 17.7. The highest BCUT2D eigenvalue weighted by atomic mass is 16.5. The number of imide groups is 1. The molecule has 6 N–H and O–H groups in total. The van der Waals surface area contributed by atoms with Gasteiger partial charge >= 0.3 is 6.03 Å². The van der Waals surface area contributed by atoms with Crippen LogP contribution in [-0.2, 0) is 63.8 Å². The lowest BCUT2D eigenvalue weighted by Crippen LogP contribution is -2.54. The molecule has 3 aliphatic heterocycles. The van der Waals surface area contributed by atoms with Crippen molar-refractivity contribution in [3.63, 3.8) is 0 Å². The van der Waals surface area contributed by atoms with Gasteiger partial charge in [-0.1, -0.05) is 73.9 Å². The predicted molar refractivity (Wildman–Crippen MR) is 328 cm³/mol. The smallest absolute Gasteiger partial charge is 0.312 e. The molecule has 3 heterocycles. The number of fused-ring (bicyclic) bond motifs is 2. The number of carbonyl (C=O) groups excluding carboxylic acids is 10. The largest absolute Gasteiger partial charge is 0.396 e. The van der Waals surface area contributed by atoms with Crippen LogP contribution in [0.3, 0.4) is 0 Å². The molecule has 1 saturated carbocycles. The van der Waals surface area contributed by atoms with E-state index in [1.165, 1.54) is 0 Å². The van der Waals surface area contributed by atoms with Crippen molar-refractivity contribution in [2.75, 3.05) is 73.1 Å². The molecular formula is C65H104N8O14. The Morgan fingerprint density at radius 1 is 0.874 bits per heavy atom. The Kier molecular flexibility index (Phi) is 28.4. The third-order valence-electron chi connectivity index (χ3n) is 19.2. The Balaban J connectivity index is 1.16. The number of piperidine rings is 1. The number of methoxy groups -OCH3 is 2. The molecule has 0 aromatic heterocycles.